The van der Waals surface area contributed by atoms with Crippen molar-refractivity contribution in [1.82, 2.24) is 10.6 Å². The second-order valence-electron chi connectivity index (χ2n) is 6.94. The van der Waals surface area contributed by atoms with E-state index >= 15 is 0 Å². The Bertz CT molecular complexity index is 998. The fraction of sp³-hybridized carbons (Fsp3) is 0.250. The molecular weight excluding hydrogens is 380 g/mol. The van der Waals surface area contributed by atoms with E-state index in [1.165, 1.54) is 12.1 Å². The van der Waals surface area contributed by atoms with Crippen LogP contribution in [0.25, 0.3) is 10.8 Å². The van der Waals surface area contributed by atoms with E-state index in [-0.39, 0.29) is 17.6 Å². The van der Waals surface area contributed by atoms with Crippen LogP contribution in [-0.2, 0) is 4.79 Å². The molecule has 2 amide bonds. The summed E-state index contributed by atoms with van der Waals surface area (Å²) in [4.78, 5) is 23.9. The minimum absolute atomic E-state index is 0.0316. The van der Waals surface area contributed by atoms with E-state index in [1.807, 2.05) is 42.5 Å². The number of amides is 2. The van der Waals surface area contributed by atoms with E-state index in [2.05, 4.69) is 10.6 Å². The van der Waals surface area contributed by atoms with Crippen LogP contribution in [0.3, 0.4) is 0 Å². The molecule has 30 heavy (non-hydrogen) atoms. The lowest BCUT2D eigenvalue weighted by atomic mass is 10.1. The van der Waals surface area contributed by atoms with Gasteiger partial charge in [-0.2, -0.15) is 0 Å². The molecule has 156 valence electrons. The molecule has 0 fully saturated rings. The van der Waals surface area contributed by atoms with Crippen LogP contribution in [0.2, 0.25) is 0 Å². The molecule has 3 rings (SSSR count). The van der Waals surface area contributed by atoms with Gasteiger partial charge in [0.15, 0.2) is 0 Å². The van der Waals surface area contributed by atoms with Crippen LogP contribution in [-0.4, -0.2) is 36.6 Å². The zero-order chi connectivity index (χ0) is 21.2. The van der Waals surface area contributed by atoms with E-state index < -0.39 is 0 Å². The van der Waals surface area contributed by atoms with Crippen molar-refractivity contribution in [1.29, 1.82) is 0 Å². The number of benzene rings is 3. The number of nitrogens with one attached hydrogen (secondary N) is 2. The van der Waals surface area contributed by atoms with Crippen molar-refractivity contribution < 1.29 is 19.4 Å². The molecule has 3 N–H and O–H groups in total. The maximum absolute atomic E-state index is 11.9. The standard InChI is InChI=1S/C24H26N2O4/c27-20-10-3-9-19(17-20)24(29)26-15-6-14-25-23(28)13-5-16-30-22-12-4-8-18-7-1-2-11-21(18)22/h1-4,7-12,17,27H,5-6,13-16H2,(H,25,28)(H,26,29). The molecule has 0 aliphatic rings. The van der Waals surface area contributed by atoms with Gasteiger partial charge in [0.25, 0.3) is 5.91 Å². The Labute approximate surface area is 175 Å². The topological polar surface area (TPSA) is 87.7 Å². The van der Waals surface area contributed by atoms with Gasteiger partial charge in [0, 0.05) is 30.5 Å². The molecule has 0 saturated heterocycles. The van der Waals surface area contributed by atoms with Crippen molar-refractivity contribution in [3.63, 3.8) is 0 Å². The number of hydrogen-bond donors (Lipinski definition) is 3. The van der Waals surface area contributed by atoms with E-state index in [0.29, 0.717) is 44.5 Å². The van der Waals surface area contributed by atoms with Crippen LogP contribution in [0.4, 0.5) is 0 Å². The number of phenolic OH excluding ortho intramolecular Hbond substituents is 1. The second-order valence-corrected chi connectivity index (χ2v) is 6.94. The van der Waals surface area contributed by atoms with E-state index in [4.69, 9.17) is 4.74 Å². The maximum Gasteiger partial charge on any atom is 0.251 e. The quantitative estimate of drug-likeness (QED) is 0.449. The van der Waals surface area contributed by atoms with Gasteiger partial charge in [-0.15, -0.1) is 0 Å². The third-order valence-corrected chi connectivity index (χ3v) is 4.62. The normalized spacial score (nSPS) is 10.5. The molecular formula is C24H26N2O4. The smallest absolute Gasteiger partial charge is 0.251 e. The number of rotatable bonds is 10. The average Bonchev–Trinajstić information content (AvgIpc) is 2.76. The highest BCUT2D eigenvalue weighted by Gasteiger charge is 2.06. The summed E-state index contributed by atoms with van der Waals surface area (Å²) in [5.74, 6) is 0.606. The largest absolute Gasteiger partial charge is 0.508 e. The second kappa shape index (κ2) is 10.9. The average molecular weight is 406 g/mol. The third kappa shape index (κ3) is 6.24. The SMILES string of the molecule is O=C(CCCOc1cccc2ccccc12)NCCCNC(=O)c1cccc(O)c1. The summed E-state index contributed by atoms with van der Waals surface area (Å²) in [6, 6.07) is 20.2. The van der Waals surface area contributed by atoms with Crippen molar-refractivity contribution in [2.45, 2.75) is 19.3 Å². The molecule has 0 bridgehead atoms. The number of hydrogen-bond acceptors (Lipinski definition) is 4. The van der Waals surface area contributed by atoms with Gasteiger partial charge in [0.2, 0.25) is 5.91 Å². The van der Waals surface area contributed by atoms with Gasteiger partial charge >= 0.3 is 0 Å². The highest BCUT2D eigenvalue weighted by atomic mass is 16.5. The van der Waals surface area contributed by atoms with E-state index in [1.54, 1.807) is 12.1 Å². The van der Waals surface area contributed by atoms with Crippen LogP contribution >= 0.6 is 0 Å². The van der Waals surface area contributed by atoms with Crippen molar-refractivity contribution in [3.8, 4) is 11.5 Å². The molecule has 0 spiro atoms. The number of aromatic hydroxyl groups is 1. The number of phenols is 1. The van der Waals surface area contributed by atoms with Gasteiger partial charge < -0.3 is 20.5 Å². The summed E-state index contributed by atoms with van der Waals surface area (Å²) in [6.45, 7) is 1.41. The fourth-order valence-corrected chi connectivity index (χ4v) is 3.09. The predicted molar refractivity (Wildman–Crippen MR) is 117 cm³/mol. The van der Waals surface area contributed by atoms with Gasteiger partial charge in [0.05, 0.1) is 6.61 Å². The first-order valence-electron chi connectivity index (χ1n) is 10.1. The Morgan fingerprint density at radius 2 is 1.63 bits per heavy atom. The molecule has 6 nitrogen and oxygen atoms in total. The van der Waals surface area contributed by atoms with Crippen molar-refractivity contribution in [3.05, 3.63) is 72.3 Å². The van der Waals surface area contributed by atoms with E-state index in [0.717, 1.165) is 16.5 Å². The Hall–Kier alpha value is -3.54. The van der Waals surface area contributed by atoms with Crippen LogP contribution in [0.15, 0.2) is 66.7 Å². The zero-order valence-electron chi connectivity index (χ0n) is 16.8. The van der Waals surface area contributed by atoms with Gasteiger partial charge in [-0.3, -0.25) is 9.59 Å². The summed E-state index contributed by atoms with van der Waals surface area (Å²) in [5.41, 5.74) is 0.408. The molecule has 0 atom stereocenters. The highest BCUT2D eigenvalue weighted by Crippen LogP contribution is 2.25. The van der Waals surface area contributed by atoms with Crippen LogP contribution < -0.4 is 15.4 Å². The van der Waals surface area contributed by atoms with Crippen molar-refractivity contribution >= 4 is 22.6 Å². The lowest BCUT2D eigenvalue weighted by Crippen LogP contribution is -2.29. The minimum Gasteiger partial charge on any atom is -0.508 e. The monoisotopic (exact) mass is 406 g/mol. The Morgan fingerprint density at radius 1 is 0.867 bits per heavy atom. The van der Waals surface area contributed by atoms with Gasteiger partial charge in [0.1, 0.15) is 11.5 Å². The molecule has 6 heteroatoms. The number of ether oxygens (including phenoxy) is 1. The molecule has 3 aromatic carbocycles. The fourth-order valence-electron chi connectivity index (χ4n) is 3.09. The Balaban J connectivity index is 1.28. The summed E-state index contributed by atoms with van der Waals surface area (Å²) >= 11 is 0. The zero-order valence-corrected chi connectivity index (χ0v) is 16.8. The van der Waals surface area contributed by atoms with Crippen molar-refractivity contribution in [2.75, 3.05) is 19.7 Å². The van der Waals surface area contributed by atoms with Crippen LogP contribution in [0, 0.1) is 0 Å². The maximum atomic E-state index is 11.9. The molecule has 0 radical (unpaired) electrons. The molecule has 0 unspecified atom stereocenters. The van der Waals surface area contributed by atoms with Gasteiger partial charge in [-0.25, -0.2) is 0 Å². The summed E-state index contributed by atoms with van der Waals surface area (Å²) in [5, 5.41) is 17.2. The van der Waals surface area contributed by atoms with Gasteiger partial charge in [-0.1, -0.05) is 42.5 Å². The Morgan fingerprint density at radius 3 is 2.50 bits per heavy atom. The predicted octanol–water partition coefficient (Wildman–Crippen LogP) is 3.64. The minimum atomic E-state index is -0.247. The first kappa shape index (κ1) is 21.2. The van der Waals surface area contributed by atoms with E-state index in [9.17, 15) is 14.7 Å². The first-order valence-corrected chi connectivity index (χ1v) is 10.1. The lowest BCUT2D eigenvalue weighted by molar-refractivity contribution is -0.121. The van der Waals surface area contributed by atoms with Crippen molar-refractivity contribution in [2.24, 2.45) is 0 Å². The molecule has 3 aromatic rings. The van der Waals surface area contributed by atoms with Crippen LogP contribution in [0.1, 0.15) is 29.6 Å². The number of carbonyl (C=O) groups is 2. The summed E-state index contributed by atoms with van der Waals surface area (Å²) < 4.78 is 5.84. The molecule has 0 aliphatic carbocycles. The first-order chi connectivity index (χ1) is 14.6. The number of fused-ring (bicyclic) bond motifs is 1. The lowest BCUT2D eigenvalue weighted by Gasteiger charge is -2.10. The Kier molecular flexibility index (Phi) is 7.66. The third-order valence-electron chi connectivity index (χ3n) is 4.62. The summed E-state index contributed by atoms with van der Waals surface area (Å²) in [7, 11) is 0. The van der Waals surface area contributed by atoms with Crippen LogP contribution in [0.5, 0.6) is 11.5 Å². The molecule has 0 aliphatic heterocycles. The highest BCUT2D eigenvalue weighted by molar-refractivity contribution is 5.94. The molecule has 0 saturated carbocycles. The van der Waals surface area contributed by atoms with Gasteiger partial charge in [-0.05, 0) is 42.5 Å². The molecule has 0 aromatic heterocycles. The number of carbonyl (C=O) groups excluding carboxylic acids is 2. The summed E-state index contributed by atoms with van der Waals surface area (Å²) in [6.07, 6.45) is 1.65. The molecule has 0 heterocycles.